The van der Waals surface area contributed by atoms with Gasteiger partial charge in [-0.05, 0) is 55.8 Å². The Hall–Kier alpha value is -1.36. The standard InChI is InChI=1S/C14H17BrN2O2/c1-9-5-6-11-10(7-9)13(15)16-17(11)8-12(18)19-14(2,3)4/h5-7H,8H2,1-4H3. The van der Waals surface area contributed by atoms with Gasteiger partial charge >= 0.3 is 5.97 Å². The van der Waals surface area contributed by atoms with Crippen LogP contribution < -0.4 is 0 Å². The van der Waals surface area contributed by atoms with Gasteiger partial charge in [0, 0.05) is 5.39 Å². The zero-order chi connectivity index (χ0) is 14.2. The lowest BCUT2D eigenvalue weighted by atomic mass is 10.2. The van der Waals surface area contributed by atoms with E-state index in [0.717, 1.165) is 21.1 Å². The molecule has 0 fully saturated rings. The van der Waals surface area contributed by atoms with Crippen LogP contribution in [0.2, 0.25) is 0 Å². The molecule has 0 N–H and O–H groups in total. The second kappa shape index (κ2) is 4.96. The van der Waals surface area contributed by atoms with Gasteiger partial charge in [0.05, 0.1) is 5.52 Å². The first-order chi connectivity index (χ1) is 8.76. The van der Waals surface area contributed by atoms with Gasteiger partial charge in [-0.15, -0.1) is 0 Å². The largest absolute Gasteiger partial charge is 0.459 e. The van der Waals surface area contributed by atoms with Crippen molar-refractivity contribution < 1.29 is 9.53 Å². The van der Waals surface area contributed by atoms with Crippen LogP contribution in [0.15, 0.2) is 22.8 Å². The van der Waals surface area contributed by atoms with E-state index in [1.165, 1.54) is 0 Å². The minimum atomic E-state index is -0.478. The molecule has 19 heavy (non-hydrogen) atoms. The number of fused-ring (bicyclic) bond motifs is 1. The van der Waals surface area contributed by atoms with Crippen LogP contribution in [0.1, 0.15) is 26.3 Å². The van der Waals surface area contributed by atoms with E-state index in [4.69, 9.17) is 4.74 Å². The summed E-state index contributed by atoms with van der Waals surface area (Å²) < 4.78 is 7.71. The highest BCUT2D eigenvalue weighted by Crippen LogP contribution is 2.24. The zero-order valence-corrected chi connectivity index (χ0v) is 13.1. The fourth-order valence-electron chi connectivity index (χ4n) is 1.87. The number of benzene rings is 1. The Kier molecular flexibility index (Phi) is 3.67. The summed E-state index contributed by atoms with van der Waals surface area (Å²) in [5.41, 5.74) is 1.60. The van der Waals surface area contributed by atoms with Crippen LogP contribution >= 0.6 is 15.9 Å². The monoisotopic (exact) mass is 324 g/mol. The quantitative estimate of drug-likeness (QED) is 0.795. The predicted octanol–water partition coefficient (Wildman–Crippen LogP) is 3.45. The van der Waals surface area contributed by atoms with Crippen molar-refractivity contribution >= 4 is 32.8 Å². The normalized spacial score (nSPS) is 11.8. The smallest absolute Gasteiger partial charge is 0.328 e. The summed E-state index contributed by atoms with van der Waals surface area (Å²) in [4.78, 5) is 11.8. The van der Waals surface area contributed by atoms with E-state index < -0.39 is 5.60 Å². The number of ether oxygens (including phenoxy) is 1. The van der Waals surface area contributed by atoms with Gasteiger partial charge in [-0.2, -0.15) is 5.10 Å². The lowest BCUT2D eigenvalue weighted by Gasteiger charge is -2.19. The van der Waals surface area contributed by atoms with Gasteiger partial charge in [0.1, 0.15) is 16.7 Å². The first-order valence-corrected chi connectivity index (χ1v) is 6.90. The molecule has 1 aromatic heterocycles. The van der Waals surface area contributed by atoms with E-state index in [-0.39, 0.29) is 12.5 Å². The number of aromatic nitrogens is 2. The molecule has 102 valence electrons. The first kappa shape index (κ1) is 14.1. The van der Waals surface area contributed by atoms with Crippen molar-refractivity contribution in [3.63, 3.8) is 0 Å². The highest BCUT2D eigenvalue weighted by Gasteiger charge is 2.18. The molecule has 2 rings (SSSR count). The average Bonchev–Trinajstić information content (AvgIpc) is 2.52. The molecule has 0 aliphatic carbocycles. The molecule has 4 nitrogen and oxygen atoms in total. The Morgan fingerprint density at radius 1 is 1.42 bits per heavy atom. The van der Waals surface area contributed by atoms with Crippen LogP contribution in [0.25, 0.3) is 10.9 Å². The Morgan fingerprint density at radius 3 is 2.74 bits per heavy atom. The predicted molar refractivity (Wildman–Crippen MR) is 78.0 cm³/mol. The number of carbonyl (C=O) groups excluding carboxylic acids is 1. The first-order valence-electron chi connectivity index (χ1n) is 6.11. The second-order valence-corrected chi connectivity index (χ2v) is 6.31. The van der Waals surface area contributed by atoms with Crippen LogP contribution in [-0.4, -0.2) is 21.4 Å². The van der Waals surface area contributed by atoms with Gasteiger partial charge < -0.3 is 4.74 Å². The maximum Gasteiger partial charge on any atom is 0.328 e. The summed E-state index contributed by atoms with van der Waals surface area (Å²) in [6, 6.07) is 6.01. The molecule has 0 bridgehead atoms. The van der Waals surface area contributed by atoms with E-state index in [1.54, 1.807) is 4.68 Å². The van der Waals surface area contributed by atoms with Gasteiger partial charge in [-0.1, -0.05) is 11.6 Å². The van der Waals surface area contributed by atoms with Crippen molar-refractivity contribution in [3.8, 4) is 0 Å². The maximum atomic E-state index is 11.8. The summed E-state index contributed by atoms with van der Waals surface area (Å²) in [5, 5.41) is 5.34. The molecule has 0 saturated carbocycles. The van der Waals surface area contributed by atoms with E-state index in [1.807, 2.05) is 45.9 Å². The van der Waals surface area contributed by atoms with Crippen LogP contribution in [0, 0.1) is 6.92 Å². The molecular formula is C14H17BrN2O2. The number of halogens is 1. The molecule has 0 aliphatic heterocycles. The summed E-state index contributed by atoms with van der Waals surface area (Å²) >= 11 is 3.42. The molecule has 0 amide bonds. The van der Waals surface area contributed by atoms with Crippen molar-refractivity contribution in [1.82, 2.24) is 9.78 Å². The fraction of sp³-hybridized carbons (Fsp3) is 0.429. The Labute approximate surface area is 120 Å². The minimum absolute atomic E-state index is 0.114. The fourth-order valence-corrected chi connectivity index (χ4v) is 2.38. The van der Waals surface area contributed by atoms with Gasteiger partial charge in [0.15, 0.2) is 0 Å². The van der Waals surface area contributed by atoms with E-state index in [9.17, 15) is 4.79 Å². The van der Waals surface area contributed by atoms with Crippen LogP contribution in [0.5, 0.6) is 0 Å². The highest BCUT2D eigenvalue weighted by molar-refractivity contribution is 9.10. The Morgan fingerprint density at radius 2 is 2.11 bits per heavy atom. The third kappa shape index (κ3) is 3.35. The van der Waals surface area contributed by atoms with Crippen LogP contribution in [0.4, 0.5) is 0 Å². The van der Waals surface area contributed by atoms with Crippen molar-refractivity contribution in [2.45, 2.75) is 39.8 Å². The lowest BCUT2D eigenvalue weighted by Crippen LogP contribution is -2.26. The molecule has 0 atom stereocenters. The number of carbonyl (C=O) groups is 1. The van der Waals surface area contributed by atoms with E-state index >= 15 is 0 Å². The molecular weight excluding hydrogens is 308 g/mol. The summed E-state index contributed by atoms with van der Waals surface area (Å²) in [7, 11) is 0. The number of esters is 1. The van der Waals surface area contributed by atoms with E-state index in [2.05, 4.69) is 21.0 Å². The number of hydrogen-bond acceptors (Lipinski definition) is 3. The average molecular weight is 325 g/mol. The molecule has 0 radical (unpaired) electrons. The molecule has 0 aliphatic rings. The van der Waals surface area contributed by atoms with Gasteiger partial charge in [-0.3, -0.25) is 9.48 Å². The summed E-state index contributed by atoms with van der Waals surface area (Å²) in [6.45, 7) is 7.70. The van der Waals surface area contributed by atoms with Crippen LogP contribution in [-0.2, 0) is 16.1 Å². The number of hydrogen-bond donors (Lipinski definition) is 0. The third-order valence-corrected chi connectivity index (χ3v) is 3.15. The van der Waals surface area contributed by atoms with Crippen molar-refractivity contribution in [3.05, 3.63) is 28.4 Å². The SMILES string of the molecule is Cc1ccc2c(c1)c(Br)nn2CC(=O)OC(C)(C)C. The number of rotatable bonds is 2. The summed E-state index contributed by atoms with van der Waals surface area (Å²) in [5.74, 6) is -0.287. The zero-order valence-electron chi connectivity index (χ0n) is 11.5. The highest BCUT2D eigenvalue weighted by atomic mass is 79.9. The number of nitrogens with zero attached hydrogens (tertiary/aromatic N) is 2. The topological polar surface area (TPSA) is 44.1 Å². The Bertz CT molecular complexity index is 626. The third-order valence-electron chi connectivity index (χ3n) is 2.56. The molecule has 0 spiro atoms. The van der Waals surface area contributed by atoms with Gasteiger partial charge in [0.2, 0.25) is 0 Å². The molecule has 0 saturated heterocycles. The summed E-state index contributed by atoms with van der Waals surface area (Å²) in [6.07, 6.45) is 0. The van der Waals surface area contributed by atoms with Crippen molar-refractivity contribution in [1.29, 1.82) is 0 Å². The lowest BCUT2D eigenvalue weighted by molar-refractivity contribution is -0.155. The molecule has 0 unspecified atom stereocenters. The van der Waals surface area contributed by atoms with E-state index in [0.29, 0.717) is 0 Å². The van der Waals surface area contributed by atoms with Crippen molar-refractivity contribution in [2.75, 3.05) is 0 Å². The molecule has 2 aromatic rings. The second-order valence-electron chi connectivity index (χ2n) is 5.56. The number of aryl methyl sites for hydroxylation is 1. The van der Waals surface area contributed by atoms with Gasteiger partial charge in [-0.25, -0.2) is 0 Å². The van der Waals surface area contributed by atoms with Crippen LogP contribution in [0.3, 0.4) is 0 Å². The molecule has 1 heterocycles. The van der Waals surface area contributed by atoms with Crippen molar-refractivity contribution in [2.24, 2.45) is 0 Å². The molecule has 1 aromatic carbocycles. The minimum Gasteiger partial charge on any atom is -0.459 e. The Balaban J connectivity index is 2.29. The molecule has 5 heteroatoms. The van der Waals surface area contributed by atoms with Gasteiger partial charge in [0.25, 0.3) is 0 Å². The maximum absolute atomic E-state index is 11.8.